The quantitative estimate of drug-likeness (QED) is 0.677. The summed E-state index contributed by atoms with van der Waals surface area (Å²) in [5.41, 5.74) is 5.69. The van der Waals surface area contributed by atoms with Crippen molar-refractivity contribution < 1.29 is 4.42 Å². The number of hydrogen-bond donors (Lipinski definition) is 0. The van der Waals surface area contributed by atoms with Crippen LogP contribution in [-0.4, -0.2) is 0 Å². The van der Waals surface area contributed by atoms with E-state index < -0.39 is 0 Å². The standard InChI is InChI=1S/C14H16O/c1-9(2)13-8-10-6-7-15-14(10)12-5-3-4-11(12)13/h6-9H,3-5H2,1-2H3. The fourth-order valence-corrected chi connectivity index (χ4v) is 2.76. The molecule has 15 heavy (non-hydrogen) atoms. The molecule has 2 aromatic rings. The molecule has 0 spiro atoms. The molecule has 0 fully saturated rings. The number of hydrogen-bond acceptors (Lipinski definition) is 1. The molecule has 1 aromatic heterocycles. The molecule has 1 aliphatic rings. The number of aryl methyl sites for hydroxylation is 1. The fourth-order valence-electron chi connectivity index (χ4n) is 2.76. The normalized spacial score (nSPS) is 15.1. The largest absolute Gasteiger partial charge is 0.464 e. The molecule has 0 amide bonds. The Morgan fingerprint density at radius 1 is 1.20 bits per heavy atom. The Kier molecular flexibility index (Phi) is 1.88. The Labute approximate surface area is 90.1 Å². The van der Waals surface area contributed by atoms with Crippen molar-refractivity contribution in [3.63, 3.8) is 0 Å². The maximum atomic E-state index is 5.60. The Morgan fingerprint density at radius 2 is 2.00 bits per heavy atom. The lowest BCUT2D eigenvalue weighted by atomic mass is 9.93. The second-order valence-electron chi connectivity index (χ2n) is 4.77. The second kappa shape index (κ2) is 3.13. The summed E-state index contributed by atoms with van der Waals surface area (Å²) in [4.78, 5) is 0. The van der Waals surface area contributed by atoms with Gasteiger partial charge in [0, 0.05) is 5.39 Å². The molecular weight excluding hydrogens is 184 g/mol. The molecule has 0 bridgehead atoms. The first-order valence-electron chi connectivity index (χ1n) is 5.79. The van der Waals surface area contributed by atoms with Gasteiger partial charge in [0.1, 0.15) is 5.58 Å². The number of furan rings is 1. The molecule has 0 saturated carbocycles. The van der Waals surface area contributed by atoms with Gasteiger partial charge in [-0.15, -0.1) is 0 Å². The third-order valence-corrected chi connectivity index (χ3v) is 3.47. The van der Waals surface area contributed by atoms with Gasteiger partial charge in [-0.25, -0.2) is 0 Å². The fraction of sp³-hybridized carbons (Fsp3) is 0.429. The van der Waals surface area contributed by atoms with E-state index in [-0.39, 0.29) is 0 Å². The molecule has 78 valence electrons. The topological polar surface area (TPSA) is 13.1 Å². The number of benzene rings is 1. The average molecular weight is 200 g/mol. The lowest BCUT2D eigenvalue weighted by molar-refractivity contribution is 0.611. The van der Waals surface area contributed by atoms with Crippen molar-refractivity contribution in [2.24, 2.45) is 0 Å². The zero-order valence-electron chi connectivity index (χ0n) is 9.34. The van der Waals surface area contributed by atoms with Crippen LogP contribution in [0.5, 0.6) is 0 Å². The lowest BCUT2D eigenvalue weighted by Crippen LogP contribution is -1.95. The Balaban J connectivity index is 2.37. The van der Waals surface area contributed by atoms with Crippen LogP contribution in [0.1, 0.15) is 42.9 Å². The van der Waals surface area contributed by atoms with Crippen molar-refractivity contribution >= 4 is 11.0 Å². The predicted octanol–water partition coefficient (Wildman–Crippen LogP) is 4.04. The van der Waals surface area contributed by atoms with Gasteiger partial charge in [-0.2, -0.15) is 0 Å². The van der Waals surface area contributed by atoms with Gasteiger partial charge >= 0.3 is 0 Å². The van der Waals surface area contributed by atoms with Crippen molar-refractivity contribution in [3.8, 4) is 0 Å². The highest BCUT2D eigenvalue weighted by atomic mass is 16.3. The molecule has 1 heteroatoms. The lowest BCUT2D eigenvalue weighted by Gasteiger charge is -2.12. The van der Waals surface area contributed by atoms with Crippen molar-refractivity contribution in [1.29, 1.82) is 0 Å². The maximum Gasteiger partial charge on any atom is 0.137 e. The summed E-state index contributed by atoms with van der Waals surface area (Å²) in [5.74, 6) is 0.621. The zero-order chi connectivity index (χ0) is 10.4. The maximum absolute atomic E-state index is 5.60. The molecule has 0 atom stereocenters. The van der Waals surface area contributed by atoms with Crippen molar-refractivity contribution in [1.82, 2.24) is 0 Å². The van der Waals surface area contributed by atoms with Gasteiger partial charge in [-0.05, 0) is 54.0 Å². The minimum absolute atomic E-state index is 0.621. The number of rotatable bonds is 1. The average Bonchev–Trinajstić information content (AvgIpc) is 2.83. The van der Waals surface area contributed by atoms with E-state index in [0.717, 1.165) is 5.58 Å². The highest BCUT2D eigenvalue weighted by molar-refractivity contribution is 5.83. The summed E-state index contributed by atoms with van der Waals surface area (Å²) in [7, 11) is 0. The zero-order valence-corrected chi connectivity index (χ0v) is 9.34. The van der Waals surface area contributed by atoms with Crippen molar-refractivity contribution in [2.75, 3.05) is 0 Å². The minimum atomic E-state index is 0.621. The van der Waals surface area contributed by atoms with E-state index in [1.165, 1.54) is 35.8 Å². The molecule has 0 aliphatic heterocycles. The SMILES string of the molecule is CC(C)c1cc2ccoc2c2c1CCC2. The molecule has 3 rings (SSSR count). The Morgan fingerprint density at radius 3 is 2.80 bits per heavy atom. The molecule has 0 saturated heterocycles. The van der Waals surface area contributed by atoms with Gasteiger partial charge in [0.2, 0.25) is 0 Å². The molecular formula is C14H16O. The van der Waals surface area contributed by atoms with Crippen molar-refractivity contribution in [2.45, 2.75) is 39.0 Å². The first-order valence-corrected chi connectivity index (χ1v) is 5.79. The minimum Gasteiger partial charge on any atom is -0.464 e. The van der Waals surface area contributed by atoms with E-state index in [9.17, 15) is 0 Å². The first-order chi connectivity index (χ1) is 7.27. The summed E-state index contributed by atoms with van der Waals surface area (Å²) in [5, 5.41) is 1.28. The predicted molar refractivity (Wildman–Crippen MR) is 62.3 cm³/mol. The van der Waals surface area contributed by atoms with Gasteiger partial charge in [-0.1, -0.05) is 13.8 Å². The van der Waals surface area contributed by atoms with Crippen LogP contribution in [0.25, 0.3) is 11.0 Å². The summed E-state index contributed by atoms with van der Waals surface area (Å²) >= 11 is 0. The van der Waals surface area contributed by atoms with Crippen LogP contribution in [0.3, 0.4) is 0 Å². The van der Waals surface area contributed by atoms with Gasteiger partial charge in [-0.3, -0.25) is 0 Å². The van der Waals surface area contributed by atoms with E-state index in [4.69, 9.17) is 4.42 Å². The summed E-state index contributed by atoms with van der Waals surface area (Å²) < 4.78 is 5.60. The highest BCUT2D eigenvalue weighted by Gasteiger charge is 2.21. The van der Waals surface area contributed by atoms with Crippen LogP contribution < -0.4 is 0 Å². The second-order valence-corrected chi connectivity index (χ2v) is 4.77. The third-order valence-electron chi connectivity index (χ3n) is 3.47. The summed E-state index contributed by atoms with van der Waals surface area (Å²) in [6.45, 7) is 4.56. The Hall–Kier alpha value is -1.24. The van der Waals surface area contributed by atoms with E-state index in [2.05, 4.69) is 26.0 Å². The monoisotopic (exact) mass is 200 g/mol. The Bertz CT molecular complexity index is 505. The summed E-state index contributed by atoms with van der Waals surface area (Å²) in [6.07, 6.45) is 5.53. The van der Waals surface area contributed by atoms with Gasteiger partial charge in [0.05, 0.1) is 6.26 Å². The first kappa shape index (κ1) is 9.02. The van der Waals surface area contributed by atoms with Crippen LogP contribution in [0, 0.1) is 0 Å². The molecule has 1 aliphatic carbocycles. The van der Waals surface area contributed by atoms with Crippen molar-refractivity contribution in [3.05, 3.63) is 35.1 Å². The molecule has 0 N–H and O–H groups in total. The molecule has 0 unspecified atom stereocenters. The van der Waals surface area contributed by atoms with Gasteiger partial charge < -0.3 is 4.42 Å². The van der Waals surface area contributed by atoms with Gasteiger partial charge in [0.15, 0.2) is 0 Å². The van der Waals surface area contributed by atoms with E-state index in [1.54, 1.807) is 5.56 Å². The van der Waals surface area contributed by atoms with Crippen LogP contribution in [0.4, 0.5) is 0 Å². The smallest absolute Gasteiger partial charge is 0.137 e. The van der Waals surface area contributed by atoms with Crippen LogP contribution >= 0.6 is 0 Å². The van der Waals surface area contributed by atoms with E-state index >= 15 is 0 Å². The van der Waals surface area contributed by atoms with Crippen LogP contribution in [-0.2, 0) is 12.8 Å². The molecule has 0 radical (unpaired) electrons. The van der Waals surface area contributed by atoms with Crippen LogP contribution in [0.15, 0.2) is 22.8 Å². The third kappa shape index (κ3) is 1.22. The summed E-state index contributed by atoms with van der Waals surface area (Å²) in [6, 6.07) is 4.40. The number of fused-ring (bicyclic) bond motifs is 3. The van der Waals surface area contributed by atoms with Crippen LogP contribution in [0.2, 0.25) is 0 Å². The highest BCUT2D eigenvalue weighted by Crippen LogP contribution is 2.36. The molecule has 1 aromatic carbocycles. The van der Waals surface area contributed by atoms with E-state index in [0.29, 0.717) is 5.92 Å². The van der Waals surface area contributed by atoms with E-state index in [1.807, 2.05) is 6.26 Å². The molecule has 1 nitrogen and oxygen atoms in total. The van der Waals surface area contributed by atoms with Gasteiger partial charge in [0.25, 0.3) is 0 Å². The molecule has 1 heterocycles.